The first kappa shape index (κ1) is 24.5. The zero-order valence-electron chi connectivity index (χ0n) is 21.0. The van der Waals surface area contributed by atoms with Gasteiger partial charge in [0.25, 0.3) is 0 Å². The van der Waals surface area contributed by atoms with Crippen LogP contribution >= 0.6 is 0 Å². The fraction of sp³-hybridized carbons (Fsp3) is 0.333. The van der Waals surface area contributed by atoms with Crippen LogP contribution in [0, 0.1) is 0 Å². The number of aromatic nitrogens is 4. The predicted octanol–water partition coefficient (Wildman–Crippen LogP) is 2.76. The molecule has 0 radical (unpaired) electrons. The van der Waals surface area contributed by atoms with E-state index in [1.807, 2.05) is 48.2 Å². The van der Waals surface area contributed by atoms with E-state index in [0.29, 0.717) is 24.0 Å². The average Bonchev–Trinajstić information content (AvgIpc) is 2.93. The summed E-state index contributed by atoms with van der Waals surface area (Å²) in [6.07, 6.45) is 13.1. The average molecular weight is 499 g/mol. The number of nitrogens with one attached hydrogen (secondary N) is 2. The molecule has 1 fully saturated rings. The molecule has 1 saturated heterocycles. The first-order valence-electron chi connectivity index (χ1n) is 12.4. The second-order valence-corrected chi connectivity index (χ2v) is 9.59. The van der Waals surface area contributed by atoms with Crippen molar-refractivity contribution in [2.75, 3.05) is 39.0 Å². The predicted molar refractivity (Wildman–Crippen MR) is 141 cm³/mol. The van der Waals surface area contributed by atoms with Crippen LogP contribution in [-0.4, -0.2) is 75.7 Å². The Hall–Kier alpha value is -4.18. The monoisotopic (exact) mass is 498 g/mol. The van der Waals surface area contributed by atoms with E-state index < -0.39 is 6.04 Å². The largest absolute Gasteiger partial charge is 0.378 e. The Morgan fingerprint density at radius 3 is 2.65 bits per heavy atom. The van der Waals surface area contributed by atoms with Crippen LogP contribution < -0.4 is 10.6 Å². The smallest absolute Gasteiger partial charge is 0.236 e. The topological polar surface area (TPSA) is 116 Å². The highest BCUT2D eigenvalue weighted by Crippen LogP contribution is 2.34. The Bertz CT molecular complexity index is 1290. The van der Waals surface area contributed by atoms with Crippen LogP contribution in [0.2, 0.25) is 0 Å². The maximum atomic E-state index is 12.3. The number of hydrogen-bond donors (Lipinski definition) is 2. The molecular weight excluding hydrogens is 468 g/mol. The summed E-state index contributed by atoms with van der Waals surface area (Å²) in [5, 5.41) is 6.46. The summed E-state index contributed by atoms with van der Waals surface area (Å²) >= 11 is 0. The maximum Gasteiger partial charge on any atom is 0.236 e. The normalized spacial score (nSPS) is 17.3. The van der Waals surface area contributed by atoms with E-state index in [9.17, 15) is 9.59 Å². The SMILES string of the molecule is CN(C)CC(=O)N1CCC(c2ccc(Nc3nc(-c4cncnc4)cc4c3C(C=O)NC=C4)cn2)CC1. The molecule has 2 N–H and O–H groups in total. The number of amides is 1. The summed E-state index contributed by atoms with van der Waals surface area (Å²) < 4.78 is 0. The molecule has 0 spiro atoms. The third kappa shape index (κ3) is 5.49. The highest BCUT2D eigenvalue weighted by Gasteiger charge is 2.25. The Morgan fingerprint density at radius 2 is 1.97 bits per heavy atom. The second-order valence-electron chi connectivity index (χ2n) is 9.59. The number of rotatable bonds is 7. The molecule has 190 valence electrons. The quantitative estimate of drug-likeness (QED) is 0.474. The van der Waals surface area contributed by atoms with Gasteiger partial charge in [-0.25, -0.2) is 15.0 Å². The summed E-state index contributed by atoms with van der Waals surface area (Å²) in [6, 6.07) is 5.44. The number of pyridine rings is 2. The molecule has 1 unspecified atom stereocenters. The van der Waals surface area contributed by atoms with Gasteiger partial charge in [0.1, 0.15) is 24.5 Å². The van der Waals surface area contributed by atoms with Gasteiger partial charge in [-0.1, -0.05) is 0 Å². The van der Waals surface area contributed by atoms with Crippen LogP contribution in [0.1, 0.15) is 41.6 Å². The summed E-state index contributed by atoms with van der Waals surface area (Å²) in [4.78, 5) is 45.8. The van der Waals surface area contributed by atoms with E-state index in [4.69, 9.17) is 9.97 Å². The molecule has 3 aromatic rings. The summed E-state index contributed by atoms with van der Waals surface area (Å²) in [6.45, 7) is 1.94. The van der Waals surface area contributed by atoms with Gasteiger partial charge in [-0.3, -0.25) is 9.78 Å². The molecule has 10 nitrogen and oxygen atoms in total. The van der Waals surface area contributed by atoms with Gasteiger partial charge in [0.2, 0.25) is 5.91 Å². The van der Waals surface area contributed by atoms with Gasteiger partial charge >= 0.3 is 0 Å². The number of carbonyl (C=O) groups is 2. The van der Waals surface area contributed by atoms with Crippen molar-refractivity contribution in [3.63, 3.8) is 0 Å². The number of fused-ring (bicyclic) bond motifs is 1. The van der Waals surface area contributed by atoms with Gasteiger partial charge in [-0.2, -0.15) is 0 Å². The van der Waals surface area contributed by atoms with Gasteiger partial charge in [0.15, 0.2) is 0 Å². The van der Waals surface area contributed by atoms with Gasteiger partial charge < -0.3 is 25.2 Å². The molecule has 0 bridgehead atoms. The Morgan fingerprint density at radius 1 is 1.19 bits per heavy atom. The van der Waals surface area contributed by atoms with E-state index in [0.717, 1.165) is 60.3 Å². The van der Waals surface area contributed by atoms with Crippen molar-refractivity contribution in [3.05, 3.63) is 66.1 Å². The fourth-order valence-corrected chi connectivity index (χ4v) is 4.80. The number of piperidine rings is 1. The first-order valence-corrected chi connectivity index (χ1v) is 12.4. The van der Waals surface area contributed by atoms with Gasteiger partial charge in [0, 0.05) is 48.2 Å². The number of hydrogen-bond acceptors (Lipinski definition) is 9. The number of likely N-dealkylation sites (tertiary alicyclic amines) is 1. The Labute approximate surface area is 215 Å². The van der Waals surface area contributed by atoms with Crippen molar-refractivity contribution >= 4 is 29.8 Å². The Balaban J connectivity index is 1.34. The number of carbonyl (C=O) groups excluding carboxylic acids is 2. The minimum absolute atomic E-state index is 0.175. The van der Waals surface area contributed by atoms with E-state index in [1.165, 1.54) is 6.33 Å². The molecule has 5 heterocycles. The molecule has 1 atom stereocenters. The molecule has 0 saturated carbocycles. The standard InChI is InChI=1S/C27H30N8O2/c1-34(2)15-25(37)35-9-6-18(7-10-35)22-4-3-21(14-31-22)32-27-26-19(5-8-30-24(26)16-36)11-23(33-27)20-12-28-17-29-13-20/h3-5,8,11-14,16-18,24,30H,6-7,9-10,15H2,1-2H3,(H,32,33). The van der Waals surface area contributed by atoms with Crippen LogP contribution in [0.15, 0.2) is 49.3 Å². The van der Waals surface area contributed by atoms with Crippen molar-refractivity contribution in [2.45, 2.75) is 24.8 Å². The number of nitrogens with zero attached hydrogens (tertiary/aromatic N) is 6. The van der Waals surface area contributed by atoms with E-state index >= 15 is 0 Å². The highest BCUT2D eigenvalue weighted by atomic mass is 16.2. The van der Waals surface area contributed by atoms with Crippen molar-refractivity contribution in [1.29, 1.82) is 0 Å². The third-order valence-corrected chi connectivity index (χ3v) is 6.70. The lowest BCUT2D eigenvalue weighted by Gasteiger charge is -2.32. The second kappa shape index (κ2) is 10.8. The molecule has 2 aliphatic rings. The zero-order chi connectivity index (χ0) is 25.8. The minimum atomic E-state index is -0.510. The number of aldehydes is 1. The fourth-order valence-electron chi connectivity index (χ4n) is 4.80. The molecule has 1 amide bonds. The molecule has 0 aliphatic carbocycles. The van der Waals surface area contributed by atoms with Crippen LogP contribution in [0.3, 0.4) is 0 Å². The molecule has 10 heteroatoms. The van der Waals surface area contributed by atoms with Crippen LogP contribution in [0.25, 0.3) is 17.3 Å². The summed E-state index contributed by atoms with van der Waals surface area (Å²) in [5.41, 5.74) is 4.96. The van der Waals surface area contributed by atoms with Gasteiger partial charge in [-0.15, -0.1) is 0 Å². The van der Waals surface area contributed by atoms with Crippen LogP contribution in [0.5, 0.6) is 0 Å². The lowest BCUT2D eigenvalue weighted by molar-refractivity contribution is -0.132. The minimum Gasteiger partial charge on any atom is -0.378 e. The molecule has 37 heavy (non-hydrogen) atoms. The lowest BCUT2D eigenvalue weighted by atomic mass is 9.93. The first-order chi connectivity index (χ1) is 18.0. The van der Waals surface area contributed by atoms with E-state index in [1.54, 1.807) is 24.8 Å². The lowest BCUT2D eigenvalue weighted by Crippen LogP contribution is -2.42. The van der Waals surface area contributed by atoms with E-state index in [2.05, 4.69) is 20.6 Å². The highest BCUT2D eigenvalue weighted by molar-refractivity contribution is 5.80. The van der Waals surface area contributed by atoms with Crippen molar-refractivity contribution in [1.82, 2.24) is 35.1 Å². The van der Waals surface area contributed by atoms with Gasteiger partial charge in [-0.05, 0) is 63.0 Å². The maximum absolute atomic E-state index is 12.3. The Kier molecular flexibility index (Phi) is 7.18. The summed E-state index contributed by atoms with van der Waals surface area (Å²) in [7, 11) is 3.82. The number of likely N-dealkylation sites (N-methyl/N-ethyl adjacent to an activating group) is 1. The van der Waals surface area contributed by atoms with Crippen molar-refractivity contribution < 1.29 is 9.59 Å². The molecular formula is C27H30N8O2. The van der Waals surface area contributed by atoms with Gasteiger partial charge in [0.05, 0.1) is 24.1 Å². The van der Waals surface area contributed by atoms with Crippen LogP contribution in [-0.2, 0) is 9.59 Å². The number of anilines is 2. The third-order valence-electron chi connectivity index (χ3n) is 6.70. The molecule has 5 rings (SSSR count). The van der Waals surface area contributed by atoms with Crippen LogP contribution in [0.4, 0.5) is 11.5 Å². The molecule has 0 aromatic carbocycles. The summed E-state index contributed by atoms with van der Waals surface area (Å²) in [5.74, 6) is 1.07. The molecule has 2 aliphatic heterocycles. The molecule has 3 aromatic heterocycles. The van der Waals surface area contributed by atoms with E-state index in [-0.39, 0.29) is 5.91 Å². The zero-order valence-corrected chi connectivity index (χ0v) is 21.0. The van der Waals surface area contributed by atoms with Crippen molar-refractivity contribution in [3.8, 4) is 11.3 Å². The van der Waals surface area contributed by atoms with Crippen molar-refractivity contribution in [2.24, 2.45) is 0 Å².